The van der Waals surface area contributed by atoms with Crippen LogP contribution in [0.1, 0.15) is 26.7 Å². The van der Waals surface area contributed by atoms with E-state index in [4.69, 9.17) is 8.37 Å². The van der Waals surface area contributed by atoms with E-state index in [0.29, 0.717) is 0 Å². The number of hydrogen-bond acceptors (Lipinski definition) is 3. The molecule has 10 heavy (non-hydrogen) atoms. The summed E-state index contributed by atoms with van der Waals surface area (Å²) < 4.78 is 20.6. The predicted molar refractivity (Wildman–Crippen MR) is 38.5 cm³/mol. The molecule has 0 aliphatic carbocycles. The molecule has 1 fully saturated rings. The summed E-state index contributed by atoms with van der Waals surface area (Å²) in [7, 11) is 0. The summed E-state index contributed by atoms with van der Waals surface area (Å²) >= 11 is -1.52. The second-order valence-corrected chi connectivity index (χ2v) is 3.39. The Hall–Kier alpha value is 0.0700. The number of rotatable bonds is 0. The van der Waals surface area contributed by atoms with Gasteiger partial charge in [-0.25, -0.2) is 0 Å². The molecule has 0 aromatic carbocycles. The van der Waals surface area contributed by atoms with Gasteiger partial charge in [-0.1, -0.05) is 0 Å². The van der Waals surface area contributed by atoms with E-state index in [1.165, 1.54) is 0 Å². The maximum atomic E-state index is 10.8. The summed E-state index contributed by atoms with van der Waals surface area (Å²) in [6, 6.07) is 0. The van der Waals surface area contributed by atoms with Gasteiger partial charge in [0, 0.05) is 0 Å². The molecule has 1 rings (SSSR count). The van der Waals surface area contributed by atoms with E-state index < -0.39 is 11.4 Å². The fourth-order valence-corrected chi connectivity index (χ4v) is 1.63. The maximum Gasteiger partial charge on any atom is 0.305 e. The first kappa shape index (κ1) is 8.17. The van der Waals surface area contributed by atoms with Crippen LogP contribution in [0.2, 0.25) is 0 Å². The normalized spacial score (nSPS) is 37.4. The second kappa shape index (κ2) is 3.46. The fraction of sp³-hybridized carbons (Fsp3) is 1.00. The third-order valence-electron chi connectivity index (χ3n) is 1.47. The van der Waals surface area contributed by atoms with Gasteiger partial charge in [0.15, 0.2) is 0 Å². The van der Waals surface area contributed by atoms with E-state index in [0.717, 1.165) is 12.8 Å². The van der Waals surface area contributed by atoms with Crippen LogP contribution in [0.5, 0.6) is 0 Å². The largest absolute Gasteiger partial charge is 0.305 e. The molecule has 1 heterocycles. The standard InChI is InChI=1S/C6H12O3S/c1-5-3-4-6(2)9-10(7)8-5/h5-6H,3-4H2,1-2H3/t5-,6-/m1/s1. The van der Waals surface area contributed by atoms with Crippen LogP contribution in [-0.4, -0.2) is 16.4 Å². The maximum absolute atomic E-state index is 10.8. The van der Waals surface area contributed by atoms with Gasteiger partial charge < -0.3 is 0 Å². The van der Waals surface area contributed by atoms with E-state index in [-0.39, 0.29) is 12.2 Å². The fourth-order valence-electron chi connectivity index (χ4n) is 0.857. The Labute approximate surface area is 63.6 Å². The van der Waals surface area contributed by atoms with Crippen molar-refractivity contribution < 1.29 is 12.6 Å². The third kappa shape index (κ3) is 2.36. The van der Waals surface area contributed by atoms with Crippen molar-refractivity contribution >= 4 is 11.4 Å². The zero-order valence-electron chi connectivity index (χ0n) is 6.20. The van der Waals surface area contributed by atoms with Crippen LogP contribution < -0.4 is 0 Å². The molecule has 4 heteroatoms. The van der Waals surface area contributed by atoms with Crippen LogP contribution in [0.3, 0.4) is 0 Å². The average Bonchev–Trinajstić information content (AvgIpc) is 1.93. The van der Waals surface area contributed by atoms with E-state index in [1.807, 2.05) is 13.8 Å². The highest BCUT2D eigenvalue weighted by atomic mass is 32.2. The van der Waals surface area contributed by atoms with Gasteiger partial charge in [-0.3, -0.25) is 8.37 Å². The highest BCUT2D eigenvalue weighted by molar-refractivity contribution is 7.75. The van der Waals surface area contributed by atoms with Crippen molar-refractivity contribution in [1.82, 2.24) is 0 Å². The molecule has 0 spiro atoms. The van der Waals surface area contributed by atoms with Crippen LogP contribution in [0.4, 0.5) is 0 Å². The molecule has 0 aromatic heterocycles. The first-order chi connectivity index (χ1) is 4.68. The lowest BCUT2D eigenvalue weighted by atomic mass is 10.1. The minimum Gasteiger partial charge on any atom is -0.265 e. The predicted octanol–water partition coefficient (Wildman–Crippen LogP) is 1.17. The Morgan fingerprint density at radius 3 is 2.00 bits per heavy atom. The Bertz CT molecular complexity index is 123. The van der Waals surface area contributed by atoms with Crippen molar-refractivity contribution in [2.75, 3.05) is 0 Å². The van der Waals surface area contributed by atoms with Gasteiger partial charge in [0.2, 0.25) is 0 Å². The van der Waals surface area contributed by atoms with Crippen LogP contribution in [0, 0.1) is 0 Å². The molecule has 0 N–H and O–H groups in total. The monoisotopic (exact) mass is 164 g/mol. The molecule has 0 aromatic rings. The zero-order valence-corrected chi connectivity index (χ0v) is 7.02. The molecule has 0 saturated carbocycles. The van der Waals surface area contributed by atoms with Gasteiger partial charge in [0.25, 0.3) is 0 Å². The lowest BCUT2D eigenvalue weighted by Crippen LogP contribution is -2.08. The minimum absolute atomic E-state index is 0.0609. The van der Waals surface area contributed by atoms with Crippen LogP contribution in [-0.2, 0) is 19.7 Å². The van der Waals surface area contributed by atoms with Gasteiger partial charge in [-0.05, 0) is 26.7 Å². The Balaban J connectivity index is 2.46. The highest BCUT2D eigenvalue weighted by Gasteiger charge is 2.18. The molecule has 1 aliphatic rings. The summed E-state index contributed by atoms with van der Waals surface area (Å²) in [5.74, 6) is 0. The summed E-state index contributed by atoms with van der Waals surface area (Å²) in [6.45, 7) is 3.80. The summed E-state index contributed by atoms with van der Waals surface area (Å²) in [4.78, 5) is 0. The average molecular weight is 164 g/mol. The Morgan fingerprint density at radius 1 is 1.20 bits per heavy atom. The first-order valence-corrected chi connectivity index (χ1v) is 4.44. The topological polar surface area (TPSA) is 35.5 Å². The van der Waals surface area contributed by atoms with Crippen molar-refractivity contribution in [3.8, 4) is 0 Å². The molecule has 60 valence electrons. The molecule has 1 saturated heterocycles. The smallest absolute Gasteiger partial charge is 0.265 e. The second-order valence-electron chi connectivity index (χ2n) is 2.60. The quantitative estimate of drug-likeness (QED) is 0.539. The molecule has 0 amide bonds. The molecular weight excluding hydrogens is 152 g/mol. The Morgan fingerprint density at radius 2 is 1.60 bits per heavy atom. The molecule has 0 bridgehead atoms. The van der Waals surface area contributed by atoms with Crippen molar-refractivity contribution in [2.24, 2.45) is 0 Å². The Kier molecular flexibility index (Phi) is 2.82. The summed E-state index contributed by atoms with van der Waals surface area (Å²) in [5, 5.41) is 0. The third-order valence-corrected chi connectivity index (χ3v) is 2.44. The van der Waals surface area contributed by atoms with Crippen molar-refractivity contribution in [1.29, 1.82) is 0 Å². The minimum atomic E-state index is -1.52. The number of hydrogen-bond donors (Lipinski definition) is 0. The lowest BCUT2D eigenvalue weighted by molar-refractivity contribution is 0.208. The zero-order chi connectivity index (χ0) is 7.56. The van der Waals surface area contributed by atoms with Gasteiger partial charge >= 0.3 is 11.4 Å². The highest BCUT2D eigenvalue weighted by Crippen LogP contribution is 2.15. The molecule has 0 unspecified atom stereocenters. The SMILES string of the molecule is C[C@@H]1CC[C@@H](C)OS(=O)O1. The van der Waals surface area contributed by atoms with Crippen molar-refractivity contribution in [2.45, 2.75) is 38.9 Å². The molecule has 3 nitrogen and oxygen atoms in total. The van der Waals surface area contributed by atoms with Crippen molar-refractivity contribution in [3.05, 3.63) is 0 Å². The van der Waals surface area contributed by atoms with Gasteiger partial charge in [-0.15, -0.1) is 0 Å². The van der Waals surface area contributed by atoms with E-state index in [1.54, 1.807) is 0 Å². The summed E-state index contributed by atoms with van der Waals surface area (Å²) in [5.41, 5.74) is 0. The van der Waals surface area contributed by atoms with Crippen LogP contribution in [0.25, 0.3) is 0 Å². The van der Waals surface area contributed by atoms with E-state index in [2.05, 4.69) is 0 Å². The molecule has 0 radical (unpaired) electrons. The van der Waals surface area contributed by atoms with E-state index >= 15 is 0 Å². The van der Waals surface area contributed by atoms with Crippen LogP contribution >= 0.6 is 0 Å². The van der Waals surface area contributed by atoms with Gasteiger partial charge in [0.05, 0.1) is 12.2 Å². The summed E-state index contributed by atoms with van der Waals surface area (Å²) in [6.07, 6.45) is 1.97. The van der Waals surface area contributed by atoms with E-state index in [9.17, 15) is 4.21 Å². The molecular formula is C6H12O3S. The first-order valence-electron chi connectivity index (χ1n) is 3.44. The molecule has 2 atom stereocenters. The van der Waals surface area contributed by atoms with Gasteiger partial charge in [-0.2, -0.15) is 4.21 Å². The molecule has 1 aliphatic heterocycles. The lowest BCUT2D eigenvalue weighted by Gasteiger charge is -2.03. The van der Waals surface area contributed by atoms with Crippen LogP contribution in [0.15, 0.2) is 0 Å². The van der Waals surface area contributed by atoms with Crippen molar-refractivity contribution in [3.63, 3.8) is 0 Å². The van der Waals surface area contributed by atoms with Gasteiger partial charge in [0.1, 0.15) is 0 Å².